The molecule has 0 spiro atoms. The van der Waals surface area contributed by atoms with Crippen LogP contribution in [0.15, 0.2) is 18.2 Å². The van der Waals surface area contributed by atoms with Crippen LogP contribution in [0, 0.1) is 25.7 Å². The predicted molar refractivity (Wildman–Crippen MR) is 79.2 cm³/mol. The highest BCUT2D eigenvalue weighted by Gasteiger charge is 2.43. The first-order chi connectivity index (χ1) is 9.82. The minimum absolute atomic E-state index is 0.00931. The highest BCUT2D eigenvalue weighted by Crippen LogP contribution is 2.44. The lowest BCUT2D eigenvalue weighted by molar-refractivity contribution is -0.186. The number of aryl methyl sites for hydroxylation is 2. The van der Waals surface area contributed by atoms with E-state index >= 15 is 0 Å². The molecule has 1 aromatic carbocycles. The van der Waals surface area contributed by atoms with E-state index in [2.05, 4.69) is 17.4 Å². The van der Waals surface area contributed by atoms with Gasteiger partial charge in [0, 0.05) is 6.04 Å². The molecule has 21 heavy (non-hydrogen) atoms. The second kappa shape index (κ2) is 6.39. The van der Waals surface area contributed by atoms with Crippen LogP contribution in [0.4, 0.5) is 13.2 Å². The van der Waals surface area contributed by atoms with Crippen molar-refractivity contribution in [2.24, 2.45) is 11.8 Å². The maximum absolute atomic E-state index is 13.0. The van der Waals surface area contributed by atoms with E-state index < -0.39 is 12.1 Å². The van der Waals surface area contributed by atoms with Crippen molar-refractivity contribution in [2.45, 2.75) is 51.7 Å². The van der Waals surface area contributed by atoms with E-state index in [0.717, 1.165) is 23.1 Å². The predicted octanol–water partition coefficient (Wildman–Crippen LogP) is 4.93. The normalized spacial score (nSPS) is 24.9. The van der Waals surface area contributed by atoms with Crippen molar-refractivity contribution in [3.8, 4) is 0 Å². The minimum atomic E-state index is -4.06. The molecule has 1 nitrogen and oxygen atoms in total. The molecule has 3 unspecified atom stereocenters. The number of rotatable bonds is 3. The molecule has 0 bridgehead atoms. The fourth-order valence-electron chi connectivity index (χ4n) is 3.57. The molecule has 1 fully saturated rings. The van der Waals surface area contributed by atoms with E-state index in [-0.39, 0.29) is 24.8 Å². The summed E-state index contributed by atoms with van der Waals surface area (Å²) in [5.41, 5.74) is 3.44. The Labute approximate surface area is 124 Å². The summed E-state index contributed by atoms with van der Waals surface area (Å²) in [5.74, 6) is -1.09. The molecule has 3 atom stereocenters. The lowest BCUT2D eigenvalue weighted by Gasteiger charge is -2.36. The highest BCUT2D eigenvalue weighted by atomic mass is 19.4. The van der Waals surface area contributed by atoms with Crippen LogP contribution in [0.5, 0.6) is 0 Å². The van der Waals surface area contributed by atoms with Crippen molar-refractivity contribution in [2.75, 3.05) is 7.05 Å². The third-order valence-electron chi connectivity index (χ3n) is 4.73. The monoisotopic (exact) mass is 299 g/mol. The Hall–Kier alpha value is -1.03. The van der Waals surface area contributed by atoms with Crippen molar-refractivity contribution >= 4 is 0 Å². The SMILES string of the molecule is CNC(c1cc(C)ccc1C)C1CCCC(C(F)(F)F)C1. The Morgan fingerprint density at radius 2 is 1.90 bits per heavy atom. The van der Waals surface area contributed by atoms with Gasteiger partial charge in [-0.2, -0.15) is 13.2 Å². The third kappa shape index (κ3) is 3.79. The van der Waals surface area contributed by atoms with Crippen LogP contribution < -0.4 is 5.32 Å². The molecule has 118 valence electrons. The van der Waals surface area contributed by atoms with Crippen LogP contribution in [0.2, 0.25) is 0 Å². The molecule has 1 aromatic rings. The van der Waals surface area contributed by atoms with Gasteiger partial charge in [-0.05, 0) is 57.2 Å². The first-order valence-electron chi connectivity index (χ1n) is 7.64. The van der Waals surface area contributed by atoms with E-state index in [1.807, 2.05) is 27.0 Å². The summed E-state index contributed by atoms with van der Waals surface area (Å²) in [6, 6.07) is 6.22. The Balaban J connectivity index is 2.23. The molecule has 0 radical (unpaired) electrons. The molecule has 1 aliphatic rings. The smallest absolute Gasteiger partial charge is 0.313 e. The van der Waals surface area contributed by atoms with E-state index in [9.17, 15) is 13.2 Å². The Bertz CT molecular complexity index is 481. The van der Waals surface area contributed by atoms with Crippen molar-refractivity contribution in [1.82, 2.24) is 5.32 Å². The molecular weight excluding hydrogens is 275 g/mol. The zero-order chi connectivity index (χ0) is 15.6. The number of hydrogen-bond acceptors (Lipinski definition) is 1. The van der Waals surface area contributed by atoms with Gasteiger partial charge in [-0.1, -0.05) is 30.2 Å². The zero-order valence-corrected chi connectivity index (χ0v) is 12.9. The Kier molecular flexibility index (Phi) is 4.97. The van der Waals surface area contributed by atoms with Gasteiger partial charge >= 0.3 is 6.18 Å². The quantitative estimate of drug-likeness (QED) is 0.834. The van der Waals surface area contributed by atoms with Crippen LogP contribution in [0.1, 0.15) is 48.4 Å². The molecule has 4 heteroatoms. The Morgan fingerprint density at radius 1 is 1.19 bits per heavy atom. The Morgan fingerprint density at radius 3 is 2.52 bits per heavy atom. The summed E-state index contributed by atoms with van der Waals surface area (Å²) in [4.78, 5) is 0. The van der Waals surface area contributed by atoms with E-state index in [1.165, 1.54) is 0 Å². The minimum Gasteiger partial charge on any atom is -0.313 e. The molecule has 0 amide bonds. The van der Waals surface area contributed by atoms with Crippen molar-refractivity contribution in [3.05, 3.63) is 34.9 Å². The number of halogens is 3. The van der Waals surface area contributed by atoms with E-state index in [1.54, 1.807) is 0 Å². The molecule has 0 heterocycles. The maximum Gasteiger partial charge on any atom is 0.391 e. The molecule has 0 aromatic heterocycles. The van der Waals surface area contributed by atoms with Gasteiger partial charge in [-0.3, -0.25) is 0 Å². The summed E-state index contributed by atoms with van der Waals surface area (Å²) < 4.78 is 39.0. The highest BCUT2D eigenvalue weighted by molar-refractivity contribution is 5.33. The topological polar surface area (TPSA) is 12.0 Å². The second-order valence-electron chi connectivity index (χ2n) is 6.29. The number of nitrogens with one attached hydrogen (secondary N) is 1. The van der Waals surface area contributed by atoms with Crippen LogP contribution in [-0.2, 0) is 0 Å². The molecule has 0 aliphatic heterocycles. The van der Waals surface area contributed by atoms with Crippen LogP contribution in [0.3, 0.4) is 0 Å². The van der Waals surface area contributed by atoms with Crippen molar-refractivity contribution < 1.29 is 13.2 Å². The van der Waals surface area contributed by atoms with Gasteiger partial charge < -0.3 is 5.32 Å². The lowest BCUT2D eigenvalue weighted by Crippen LogP contribution is -2.34. The second-order valence-corrected chi connectivity index (χ2v) is 6.29. The summed E-state index contributed by atoms with van der Waals surface area (Å²) in [5, 5.41) is 3.26. The molecular formula is C17H24F3N. The van der Waals surface area contributed by atoms with Crippen LogP contribution in [0.25, 0.3) is 0 Å². The van der Waals surface area contributed by atoms with Gasteiger partial charge in [0.15, 0.2) is 0 Å². The van der Waals surface area contributed by atoms with Gasteiger partial charge in [0.2, 0.25) is 0 Å². The molecule has 2 rings (SSSR count). The van der Waals surface area contributed by atoms with Gasteiger partial charge in [0.1, 0.15) is 0 Å². The lowest BCUT2D eigenvalue weighted by atomic mass is 9.75. The average Bonchev–Trinajstić information content (AvgIpc) is 2.43. The van der Waals surface area contributed by atoms with Crippen LogP contribution >= 0.6 is 0 Å². The number of alkyl halides is 3. The van der Waals surface area contributed by atoms with E-state index in [0.29, 0.717) is 6.42 Å². The fourth-order valence-corrected chi connectivity index (χ4v) is 3.57. The van der Waals surface area contributed by atoms with Crippen molar-refractivity contribution in [3.63, 3.8) is 0 Å². The molecule has 0 saturated heterocycles. The summed E-state index contributed by atoms with van der Waals surface area (Å²) >= 11 is 0. The van der Waals surface area contributed by atoms with Gasteiger partial charge in [-0.25, -0.2) is 0 Å². The van der Waals surface area contributed by atoms with Crippen molar-refractivity contribution in [1.29, 1.82) is 0 Å². The van der Waals surface area contributed by atoms with E-state index in [4.69, 9.17) is 0 Å². The summed E-state index contributed by atoms with van der Waals surface area (Å²) in [6.07, 6.45) is -2.01. The van der Waals surface area contributed by atoms with Gasteiger partial charge in [-0.15, -0.1) is 0 Å². The summed E-state index contributed by atoms with van der Waals surface area (Å²) in [7, 11) is 1.85. The molecule has 1 saturated carbocycles. The average molecular weight is 299 g/mol. The largest absolute Gasteiger partial charge is 0.391 e. The number of benzene rings is 1. The molecule has 1 N–H and O–H groups in total. The fraction of sp³-hybridized carbons (Fsp3) is 0.647. The van der Waals surface area contributed by atoms with Crippen LogP contribution in [-0.4, -0.2) is 13.2 Å². The van der Waals surface area contributed by atoms with Gasteiger partial charge in [0.05, 0.1) is 5.92 Å². The first-order valence-corrected chi connectivity index (χ1v) is 7.64. The maximum atomic E-state index is 13.0. The summed E-state index contributed by atoms with van der Waals surface area (Å²) in [6.45, 7) is 4.05. The number of hydrogen-bond donors (Lipinski definition) is 1. The molecule has 1 aliphatic carbocycles. The zero-order valence-electron chi connectivity index (χ0n) is 12.9. The first kappa shape index (κ1) is 16.3. The van der Waals surface area contributed by atoms with Gasteiger partial charge in [0.25, 0.3) is 0 Å². The standard InChI is InChI=1S/C17H24F3N/c1-11-7-8-12(2)15(9-11)16(21-3)13-5-4-6-14(10-13)17(18,19)20/h7-9,13-14,16,21H,4-6,10H2,1-3H3. The third-order valence-corrected chi connectivity index (χ3v) is 4.73.